The number of benzene rings is 2. The van der Waals surface area contributed by atoms with Gasteiger partial charge in [-0.25, -0.2) is 23.2 Å². The Morgan fingerprint density at radius 3 is 2.53 bits per heavy atom. The van der Waals surface area contributed by atoms with Crippen LogP contribution in [0.3, 0.4) is 0 Å². The summed E-state index contributed by atoms with van der Waals surface area (Å²) in [4.78, 5) is 21.6. The average Bonchev–Trinajstić information content (AvgIpc) is 3.30. The zero-order valence-electron chi connectivity index (χ0n) is 18.9. The third-order valence-corrected chi connectivity index (χ3v) is 7.46. The van der Waals surface area contributed by atoms with E-state index in [4.69, 9.17) is 15.5 Å². The van der Waals surface area contributed by atoms with Crippen molar-refractivity contribution in [2.45, 2.75) is 24.7 Å². The van der Waals surface area contributed by atoms with E-state index >= 15 is 0 Å². The van der Waals surface area contributed by atoms with E-state index in [0.717, 1.165) is 23.4 Å². The van der Waals surface area contributed by atoms with Crippen molar-refractivity contribution in [2.24, 2.45) is 10.7 Å². The molecule has 1 aromatic heterocycles. The quantitative estimate of drug-likeness (QED) is 0.253. The van der Waals surface area contributed by atoms with Crippen LogP contribution < -0.4 is 5.73 Å². The van der Waals surface area contributed by atoms with Crippen molar-refractivity contribution >= 4 is 54.7 Å². The van der Waals surface area contributed by atoms with Gasteiger partial charge >= 0.3 is 5.97 Å². The van der Waals surface area contributed by atoms with Gasteiger partial charge < -0.3 is 10.5 Å². The van der Waals surface area contributed by atoms with E-state index < -0.39 is 15.8 Å². The number of aliphatic imine (C=N–C) groups is 1. The Labute approximate surface area is 210 Å². The molecule has 0 bridgehead atoms. The standard InChI is InChI=1S/C23H23BrN4O4S2/c1-13(2)16-10-5-6-11-17(16)26-20(18(24)19(25)23(29)32-3)21-27-22(33-28-21)14-8-7-9-15(12-14)34(4,30)31/h5-13H,25H2,1-4H3. The third kappa shape index (κ3) is 5.78. The highest BCUT2D eigenvalue weighted by atomic mass is 79.9. The van der Waals surface area contributed by atoms with E-state index in [9.17, 15) is 13.2 Å². The van der Waals surface area contributed by atoms with Crippen molar-refractivity contribution < 1.29 is 17.9 Å². The van der Waals surface area contributed by atoms with Gasteiger partial charge in [0.15, 0.2) is 15.7 Å². The number of methoxy groups -OCH3 is 1. The fourth-order valence-corrected chi connectivity index (χ4v) is 4.77. The normalized spacial score (nSPS) is 13.1. The Morgan fingerprint density at radius 1 is 1.18 bits per heavy atom. The Balaban J connectivity index is 2.19. The highest BCUT2D eigenvalue weighted by Crippen LogP contribution is 2.31. The van der Waals surface area contributed by atoms with Gasteiger partial charge in [0.05, 0.1) is 22.2 Å². The molecular weight excluding hydrogens is 540 g/mol. The van der Waals surface area contributed by atoms with E-state index in [2.05, 4.69) is 39.1 Å². The first-order valence-electron chi connectivity index (χ1n) is 10.1. The second kappa shape index (κ2) is 10.6. The zero-order chi connectivity index (χ0) is 25.0. The Morgan fingerprint density at radius 2 is 1.88 bits per heavy atom. The zero-order valence-corrected chi connectivity index (χ0v) is 22.2. The number of ether oxygens (including phenoxy) is 1. The largest absolute Gasteiger partial charge is 0.464 e. The molecule has 2 N–H and O–H groups in total. The van der Waals surface area contributed by atoms with E-state index in [0.29, 0.717) is 16.3 Å². The molecule has 3 aromatic rings. The van der Waals surface area contributed by atoms with Crippen molar-refractivity contribution in [3.63, 3.8) is 0 Å². The molecule has 0 aliphatic heterocycles. The number of esters is 1. The molecular formula is C23H23BrN4O4S2. The SMILES string of the molecule is COC(=O)C(N)=C(Br)C(=Nc1ccccc1C(C)C)c1nsc(-c2cccc(S(C)(=O)=O)c2)n1. The van der Waals surface area contributed by atoms with Crippen molar-refractivity contribution in [3.05, 3.63) is 70.1 Å². The Hall–Kier alpha value is -2.89. The van der Waals surface area contributed by atoms with Gasteiger partial charge in [0.2, 0.25) is 0 Å². The molecule has 0 spiro atoms. The molecule has 0 unspecified atom stereocenters. The average molecular weight is 563 g/mol. The number of carbonyl (C=O) groups excluding carboxylic acids is 1. The Kier molecular flexibility index (Phi) is 8.01. The molecule has 0 fully saturated rings. The van der Waals surface area contributed by atoms with Gasteiger partial charge in [-0.15, -0.1) is 0 Å². The molecule has 34 heavy (non-hydrogen) atoms. The molecule has 0 saturated carbocycles. The molecule has 0 amide bonds. The van der Waals surface area contributed by atoms with Crippen LogP contribution in [0, 0.1) is 0 Å². The first kappa shape index (κ1) is 25.7. The summed E-state index contributed by atoms with van der Waals surface area (Å²) in [5.41, 5.74) is 8.34. The predicted octanol–water partition coefficient (Wildman–Crippen LogP) is 4.59. The van der Waals surface area contributed by atoms with Crippen LogP contribution in [0.1, 0.15) is 31.2 Å². The molecule has 0 aliphatic rings. The van der Waals surface area contributed by atoms with Crippen LogP contribution in [0.4, 0.5) is 5.69 Å². The van der Waals surface area contributed by atoms with Crippen molar-refractivity contribution in [1.82, 2.24) is 9.36 Å². The van der Waals surface area contributed by atoms with Crippen LogP contribution >= 0.6 is 27.5 Å². The molecule has 3 rings (SSSR count). The molecule has 0 atom stereocenters. The van der Waals surface area contributed by atoms with Crippen LogP contribution in [-0.2, 0) is 19.4 Å². The van der Waals surface area contributed by atoms with Crippen LogP contribution in [0.25, 0.3) is 10.6 Å². The number of para-hydroxylation sites is 1. The van der Waals surface area contributed by atoms with Crippen LogP contribution in [-0.4, -0.2) is 42.8 Å². The summed E-state index contributed by atoms with van der Waals surface area (Å²) in [5, 5.41) is 0.488. The van der Waals surface area contributed by atoms with Gasteiger partial charge in [0, 0.05) is 11.8 Å². The van der Waals surface area contributed by atoms with E-state index in [1.165, 1.54) is 19.2 Å². The fourth-order valence-electron chi connectivity index (χ4n) is 3.02. The van der Waals surface area contributed by atoms with E-state index in [1.807, 2.05) is 24.3 Å². The number of aromatic nitrogens is 2. The van der Waals surface area contributed by atoms with E-state index in [-0.39, 0.29) is 32.5 Å². The summed E-state index contributed by atoms with van der Waals surface area (Å²) >= 11 is 4.46. The van der Waals surface area contributed by atoms with E-state index in [1.54, 1.807) is 12.1 Å². The smallest absolute Gasteiger partial charge is 0.355 e. The number of nitrogens with two attached hydrogens (primary N) is 1. The number of rotatable bonds is 7. The van der Waals surface area contributed by atoms with Gasteiger partial charge in [0.1, 0.15) is 16.4 Å². The second-order valence-electron chi connectivity index (χ2n) is 7.62. The predicted molar refractivity (Wildman–Crippen MR) is 137 cm³/mol. The first-order chi connectivity index (χ1) is 16.0. The maximum Gasteiger partial charge on any atom is 0.355 e. The van der Waals surface area contributed by atoms with Crippen molar-refractivity contribution in [2.75, 3.05) is 13.4 Å². The first-order valence-corrected chi connectivity index (χ1v) is 13.5. The monoisotopic (exact) mass is 562 g/mol. The molecule has 178 valence electrons. The molecule has 0 saturated heterocycles. The van der Waals surface area contributed by atoms with Gasteiger partial charge in [-0.2, -0.15) is 4.37 Å². The lowest BCUT2D eigenvalue weighted by atomic mass is 10.0. The molecule has 1 heterocycles. The summed E-state index contributed by atoms with van der Waals surface area (Å²) in [7, 11) is -2.15. The summed E-state index contributed by atoms with van der Waals surface area (Å²) in [6.45, 7) is 4.10. The third-order valence-electron chi connectivity index (χ3n) is 4.79. The molecule has 11 heteroatoms. The van der Waals surface area contributed by atoms with Gasteiger partial charge in [-0.05, 0) is 57.1 Å². The summed E-state index contributed by atoms with van der Waals surface area (Å²) in [6.07, 6.45) is 1.14. The molecule has 0 radical (unpaired) electrons. The lowest BCUT2D eigenvalue weighted by molar-refractivity contribution is -0.136. The number of allylic oxidation sites excluding steroid dienone is 1. The molecule has 2 aromatic carbocycles. The summed E-state index contributed by atoms with van der Waals surface area (Å²) in [6, 6.07) is 14.1. The number of hydrogen-bond donors (Lipinski definition) is 1. The maximum atomic E-state index is 12.1. The highest BCUT2D eigenvalue weighted by molar-refractivity contribution is 9.12. The Bertz CT molecular complexity index is 1400. The van der Waals surface area contributed by atoms with Crippen LogP contribution in [0.15, 0.2) is 68.6 Å². The second-order valence-corrected chi connectivity index (χ2v) is 11.2. The minimum atomic E-state index is -3.38. The summed E-state index contributed by atoms with van der Waals surface area (Å²) in [5.74, 6) is -0.310. The highest BCUT2D eigenvalue weighted by Gasteiger charge is 2.22. The molecule has 0 aliphatic carbocycles. The van der Waals surface area contributed by atoms with Gasteiger partial charge in [0.25, 0.3) is 0 Å². The number of halogens is 1. The minimum Gasteiger partial charge on any atom is -0.464 e. The number of nitrogens with zero attached hydrogens (tertiary/aromatic N) is 3. The maximum absolute atomic E-state index is 12.1. The lowest BCUT2D eigenvalue weighted by Gasteiger charge is -2.11. The number of hydrogen-bond acceptors (Lipinski definition) is 9. The van der Waals surface area contributed by atoms with Crippen molar-refractivity contribution in [1.29, 1.82) is 0 Å². The minimum absolute atomic E-state index is 0.178. The fraction of sp³-hybridized carbons (Fsp3) is 0.217. The van der Waals surface area contributed by atoms with Gasteiger partial charge in [-0.1, -0.05) is 44.2 Å². The van der Waals surface area contributed by atoms with Crippen molar-refractivity contribution in [3.8, 4) is 10.6 Å². The van der Waals surface area contributed by atoms with Gasteiger partial charge in [-0.3, -0.25) is 0 Å². The van der Waals surface area contributed by atoms with Crippen LogP contribution in [0.5, 0.6) is 0 Å². The molecule has 8 nitrogen and oxygen atoms in total. The number of carbonyl (C=O) groups is 1. The lowest BCUT2D eigenvalue weighted by Crippen LogP contribution is -2.18. The summed E-state index contributed by atoms with van der Waals surface area (Å²) < 4.78 is 33.3. The topological polar surface area (TPSA) is 125 Å². The number of sulfone groups is 1. The van der Waals surface area contributed by atoms with Crippen LogP contribution in [0.2, 0.25) is 0 Å².